The van der Waals surface area contributed by atoms with Crippen LogP contribution in [0.2, 0.25) is 0 Å². The number of hydrogen-bond acceptors (Lipinski definition) is 5. The number of carbonyl (C=O) groups excluding carboxylic acids is 1. The summed E-state index contributed by atoms with van der Waals surface area (Å²) in [6, 6.07) is 4.81. The van der Waals surface area contributed by atoms with Gasteiger partial charge < -0.3 is 9.47 Å². The third kappa shape index (κ3) is 3.82. The molecule has 2 aromatic rings. The highest BCUT2D eigenvalue weighted by Gasteiger charge is 2.05. The molecule has 0 bridgehead atoms. The Balaban J connectivity index is 2.08. The average Bonchev–Trinajstić information content (AvgIpc) is 2.93. The van der Waals surface area contributed by atoms with Crippen molar-refractivity contribution in [2.75, 3.05) is 14.2 Å². The Morgan fingerprint density at radius 1 is 1.43 bits per heavy atom. The summed E-state index contributed by atoms with van der Waals surface area (Å²) in [4.78, 5) is 11.7. The van der Waals surface area contributed by atoms with E-state index in [-0.39, 0.29) is 0 Å². The van der Waals surface area contributed by atoms with Crippen molar-refractivity contribution >= 4 is 28.2 Å². The molecule has 8 heteroatoms. The lowest BCUT2D eigenvalue weighted by molar-refractivity contribution is 0.240. The molecule has 0 saturated heterocycles. The number of ether oxygens (including phenoxy) is 2. The van der Waals surface area contributed by atoms with Gasteiger partial charge in [-0.15, -0.1) is 0 Å². The molecule has 110 valence electrons. The predicted octanol–water partition coefficient (Wildman–Crippen LogP) is 2.25. The topological polar surface area (TPSA) is 77.7 Å². The SMILES string of the molecule is COc1ccc(OC)c(/C=N/NC(=O)n2cc(Br)cn2)c1. The first-order valence-electron chi connectivity index (χ1n) is 5.89. The van der Waals surface area contributed by atoms with E-state index < -0.39 is 6.03 Å². The molecular weight excluding hydrogens is 340 g/mol. The summed E-state index contributed by atoms with van der Waals surface area (Å²) in [5.74, 6) is 1.29. The zero-order valence-electron chi connectivity index (χ0n) is 11.4. The molecule has 1 aromatic heterocycles. The molecule has 0 unspecified atom stereocenters. The van der Waals surface area contributed by atoms with Crippen LogP contribution in [0.25, 0.3) is 0 Å². The molecule has 0 aliphatic heterocycles. The van der Waals surface area contributed by atoms with Crippen molar-refractivity contribution in [3.8, 4) is 11.5 Å². The van der Waals surface area contributed by atoms with Gasteiger partial charge in [0.15, 0.2) is 0 Å². The molecule has 0 fully saturated rings. The van der Waals surface area contributed by atoms with Crippen LogP contribution in [0.15, 0.2) is 40.2 Å². The summed E-state index contributed by atoms with van der Waals surface area (Å²) in [5.41, 5.74) is 3.04. The number of methoxy groups -OCH3 is 2. The van der Waals surface area contributed by atoms with Crippen molar-refractivity contribution in [1.82, 2.24) is 15.2 Å². The maximum Gasteiger partial charge on any atom is 0.362 e. The van der Waals surface area contributed by atoms with Gasteiger partial charge in [-0.3, -0.25) is 0 Å². The lowest BCUT2D eigenvalue weighted by Crippen LogP contribution is -2.24. The minimum absolute atomic E-state index is 0.473. The van der Waals surface area contributed by atoms with Crippen molar-refractivity contribution in [2.24, 2.45) is 5.10 Å². The monoisotopic (exact) mass is 352 g/mol. The maximum absolute atomic E-state index is 11.7. The van der Waals surface area contributed by atoms with E-state index in [4.69, 9.17) is 9.47 Å². The third-order valence-corrected chi connectivity index (χ3v) is 2.97. The number of nitrogens with one attached hydrogen (secondary N) is 1. The zero-order valence-corrected chi connectivity index (χ0v) is 13.0. The van der Waals surface area contributed by atoms with Crippen molar-refractivity contribution in [3.63, 3.8) is 0 Å². The summed E-state index contributed by atoms with van der Waals surface area (Å²) < 4.78 is 12.2. The number of hydrazone groups is 1. The van der Waals surface area contributed by atoms with E-state index in [1.54, 1.807) is 32.4 Å². The third-order valence-electron chi connectivity index (χ3n) is 2.56. The van der Waals surface area contributed by atoms with Crippen LogP contribution in [0.4, 0.5) is 4.79 Å². The number of amides is 1. The second kappa shape index (κ2) is 6.89. The van der Waals surface area contributed by atoms with Crippen molar-refractivity contribution < 1.29 is 14.3 Å². The van der Waals surface area contributed by atoms with E-state index >= 15 is 0 Å². The van der Waals surface area contributed by atoms with Gasteiger partial charge in [-0.2, -0.15) is 14.9 Å². The molecule has 21 heavy (non-hydrogen) atoms. The first-order chi connectivity index (χ1) is 10.1. The minimum Gasteiger partial charge on any atom is -0.497 e. The Hall–Kier alpha value is -2.35. The highest BCUT2D eigenvalue weighted by molar-refractivity contribution is 9.10. The normalized spacial score (nSPS) is 10.6. The van der Waals surface area contributed by atoms with Gasteiger partial charge in [-0.05, 0) is 34.1 Å². The smallest absolute Gasteiger partial charge is 0.362 e. The molecule has 0 spiro atoms. The van der Waals surface area contributed by atoms with Gasteiger partial charge in [-0.1, -0.05) is 0 Å². The number of aromatic nitrogens is 2. The number of carbonyl (C=O) groups is 1. The van der Waals surface area contributed by atoms with E-state index in [2.05, 4.69) is 31.6 Å². The van der Waals surface area contributed by atoms with Crippen molar-refractivity contribution in [1.29, 1.82) is 0 Å². The molecule has 0 aliphatic rings. The van der Waals surface area contributed by atoms with Gasteiger partial charge in [0, 0.05) is 11.8 Å². The number of nitrogens with zero attached hydrogens (tertiary/aromatic N) is 3. The number of benzene rings is 1. The zero-order chi connectivity index (χ0) is 15.2. The fourth-order valence-electron chi connectivity index (χ4n) is 1.56. The van der Waals surface area contributed by atoms with E-state index in [0.29, 0.717) is 21.5 Å². The molecule has 2 rings (SSSR count). The lowest BCUT2D eigenvalue weighted by atomic mass is 10.2. The maximum atomic E-state index is 11.7. The molecular formula is C13H13BrN4O3. The van der Waals surface area contributed by atoms with Crippen molar-refractivity contribution in [3.05, 3.63) is 40.6 Å². The highest BCUT2D eigenvalue weighted by Crippen LogP contribution is 2.22. The second-order valence-corrected chi connectivity index (χ2v) is 4.80. The molecule has 1 aromatic carbocycles. The molecule has 1 amide bonds. The number of hydrogen-bond donors (Lipinski definition) is 1. The Kier molecular flexibility index (Phi) is 4.94. The molecule has 7 nitrogen and oxygen atoms in total. The van der Waals surface area contributed by atoms with Crippen LogP contribution in [0, 0.1) is 0 Å². The van der Waals surface area contributed by atoms with Crippen LogP contribution in [-0.2, 0) is 0 Å². The quantitative estimate of drug-likeness (QED) is 0.676. The summed E-state index contributed by atoms with van der Waals surface area (Å²) in [6.45, 7) is 0. The number of halogens is 1. The Morgan fingerprint density at radius 2 is 2.24 bits per heavy atom. The molecule has 1 N–H and O–H groups in total. The van der Waals surface area contributed by atoms with Gasteiger partial charge in [0.2, 0.25) is 0 Å². The minimum atomic E-state index is -0.473. The van der Waals surface area contributed by atoms with E-state index in [1.165, 1.54) is 18.6 Å². The predicted molar refractivity (Wildman–Crippen MR) is 81.0 cm³/mol. The van der Waals surface area contributed by atoms with E-state index in [9.17, 15) is 4.79 Å². The average molecular weight is 353 g/mol. The van der Waals surface area contributed by atoms with E-state index in [1.807, 2.05) is 0 Å². The molecule has 0 saturated carbocycles. The second-order valence-electron chi connectivity index (χ2n) is 3.89. The Morgan fingerprint density at radius 3 is 2.86 bits per heavy atom. The highest BCUT2D eigenvalue weighted by atomic mass is 79.9. The molecule has 0 aliphatic carbocycles. The van der Waals surface area contributed by atoms with Crippen LogP contribution < -0.4 is 14.9 Å². The van der Waals surface area contributed by atoms with Crippen LogP contribution in [0.5, 0.6) is 11.5 Å². The summed E-state index contributed by atoms with van der Waals surface area (Å²) in [7, 11) is 3.12. The van der Waals surface area contributed by atoms with Gasteiger partial charge in [0.25, 0.3) is 0 Å². The Labute approximate surface area is 129 Å². The van der Waals surface area contributed by atoms with Crippen LogP contribution >= 0.6 is 15.9 Å². The Bertz CT molecular complexity index is 669. The first-order valence-corrected chi connectivity index (χ1v) is 6.69. The van der Waals surface area contributed by atoms with Crippen LogP contribution in [0.3, 0.4) is 0 Å². The summed E-state index contributed by atoms with van der Waals surface area (Å²) in [5, 5.41) is 7.72. The summed E-state index contributed by atoms with van der Waals surface area (Å²) >= 11 is 3.21. The number of rotatable bonds is 4. The fourth-order valence-corrected chi connectivity index (χ4v) is 1.85. The largest absolute Gasteiger partial charge is 0.497 e. The van der Waals surface area contributed by atoms with Gasteiger partial charge >= 0.3 is 6.03 Å². The standard InChI is InChI=1S/C13H13BrN4O3/c1-20-11-3-4-12(21-2)9(5-11)6-15-17-13(19)18-8-10(14)7-16-18/h3-8H,1-2H3,(H,17,19)/b15-6+. The fraction of sp³-hybridized carbons (Fsp3) is 0.154. The van der Waals surface area contributed by atoms with Gasteiger partial charge in [0.1, 0.15) is 11.5 Å². The van der Waals surface area contributed by atoms with Gasteiger partial charge in [-0.25, -0.2) is 10.2 Å². The van der Waals surface area contributed by atoms with Crippen LogP contribution in [-0.4, -0.2) is 36.2 Å². The van der Waals surface area contributed by atoms with Crippen molar-refractivity contribution in [2.45, 2.75) is 0 Å². The molecule has 0 atom stereocenters. The molecule has 0 radical (unpaired) electrons. The van der Waals surface area contributed by atoms with E-state index in [0.717, 1.165) is 4.68 Å². The lowest BCUT2D eigenvalue weighted by Gasteiger charge is -2.06. The van der Waals surface area contributed by atoms with Crippen LogP contribution in [0.1, 0.15) is 5.56 Å². The van der Waals surface area contributed by atoms with Gasteiger partial charge in [0.05, 0.1) is 31.1 Å². The molecule has 1 heterocycles. The summed E-state index contributed by atoms with van der Waals surface area (Å²) in [6.07, 6.45) is 4.50. The first kappa shape index (κ1) is 15.0.